The summed E-state index contributed by atoms with van der Waals surface area (Å²) >= 11 is 10.9. The molecule has 0 fully saturated rings. The maximum absolute atomic E-state index is 10.4. The van der Waals surface area contributed by atoms with Gasteiger partial charge in [-0.25, -0.2) is 0 Å². The Morgan fingerprint density at radius 3 is 2.38 bits per heavy atom. The fourth-order valence-corrected chi connectivity index (χ4v) is 1.34. The van der Waals surface area contributed by atoms with Gasteiger partial charge in [-0.2, -0.15) is 0 Å². The third-order valence-electron chi connectivity index (χ3n) is 1.75. The second kappa shape index (κ2) is 5.25. The molecule has 0 radical (unpaired) electrons. The first kappa shape index (κ1) is 10.6. The van der Waals surface area contributed by atoms with Gasteiger partial charge in [0.1, 0.15) is 0 Å². The monoisotopic (exact) mass is 216 g/mol. The zero-order valence-electron chi connectivity index (χ0n) is 7.09. The van der Waals surface area contributed by atoms with E-state index >= 15 is 0 Å². The molecule has 0 bridgehead atoms. The SMILES string of the molecule is O=C(Cl)CCCc1ccc(Cl)cc1. The Morgan fingerprint density at radius 2 is 1.85 bits per heavy atom. The average molecular weight is 217 g/mol. The minimum atomic E-state index is -0.269. The Labute approximate surface area is 87.7 Å². The van der Waals surface area contributed by atoms with E-state index in [9.17, 15) is 4.79 Å². The molecule has 0 atom stereocenters. The Kier molecular flexibility index (Phi) is 4.26. The largest absolute Gasteiger partial charge is 0.281 e. The first-order valence-corrected chi connectivity index (χ1v) is 4.87. The molecular formula is C10H10Cl2O. The van der Waals surface area contributed by atoms with Crippen molar-refractivity contribution < 1.29 is 4.79 Å². The van der Waals surface area contributed by atoms with E-state index in [-0.39, 0.29) is 5.24 Å². The lowest BCUT2D eigenvalue weighted by Crippen LogP contribution is -1.89. The maximum atomic E-state index is 10.4. The van der Waals surface area contributed by atoms with Crippen molar-refractivity contribution in [3.63, 3.8) is 0 Å². The molecule has 1 aromatic carbocycles. The molecule has 0 saturated heterocycles. The van der Waals surface area contributed by atoms with Gasteiger partial charge in [-0.1, -0.05) is 23.7 Å². The molecule has 0 spiro atoms. The van der Waals surface area contributed by atoms with Crippen LogP contribution in [0.5, 0.6) is 0 Å². The Balaban J connectivity index is 2.37. The summed E-state index contributed by atoms with van der Waals surface area (Å²) in [6, 6.07) is 7.61. The zero-order valence-corrected chi connectivity index (χ0v) is 8.61. The van der Waals surface area contributed by atoms with Gasteiger partial charge in [-0.3, -0.25) is 4.79 Å². The number of aryl methyl sites for hydroxylation is 1. The predicted molar refractivity (Wildman–Crippen MR) is 55.3 cm³/mol. The minimum Gasteiger partial charge on any atom is -0.281 e. The summed E-state index contributed by atoms with van der Waals surface area (Å²) in [4.78, 5) is 10.4. The Bertz CT molecular complexity index is 279. The quantitative estimate of drug-likeness (QED) is 0.706. The van der Waals surface area contributed by atoms with Crippen molar-refractivity contribution in [3.8, 4) is 0 Å². The van der Waals surface area contributed by atoms with Gasteiger partial charge >= 0.3 is 0 Å². The summed E-state index contributed by atoms with van der Waals surface area (Å²) in [6.45, 7) is 0. The van der Waals surface area contributed by atoms with Crippen molar-refractivity contribution in [2.24, 2.45) is 0 Å². The zero-order chi connectivity index (χ0) is 9.68. The van der Waals surface area contributed by atoms with Crippen LogP contribution in [0.3, 0.4) is 0 Å². The molecule has 0 aliphatic carbocycles. The van der Waals surface area contributed by atoms with Crippen LogP contribution in [0, 0.1) is 0 Å². The number of carbonyl (C=O) groups excluding carboxylic acids is 1. The van der Waals surface area contributed by atoms with Crippen LogP contribution in [-0.4, -0.2) is 5.24 Å². The second-order valence-corrected chi connectivity index (χ2v) is 3.69. The number of benzene rings is 1. The minimum absolute atomic E-state index is 0.269. The van der Waals surface area contributed by atoms with Gasteiger partial charge in [0.05, 0.1) is 0 Å². The highest BCUT2D eigenvalue weighted by atomic mass is 35.5. The van der Waals surface area contributed by atoms with Gasteiger partial charge in [-0.15, -0.1) is 0 Å². The lowest BCUT2D eigenvalue weighted by molar-refractivity contribution is -0.111. The summed E-state index contributed by atoms with van der Waals surface area (Å²) in [7, 11) is 0. The summed E-state index contributed by atoms with van der Waals surface area (Å²) in [5.74, 6) is 0. The average Bonchev–Trinajstić information content (AvgIpc) is 2.08. The molecule has 0 saturated carbocycles. The maximum Gasteiger partial charge on any atom is 0.221 e. The number of hydrogen-bond acceptors (Lipinski definition) is 1. The van der Waals surface area contributed by atoms with Gasteiger partial charge < -0.3 is 0 Å². The molecule has 0 unspecified atom stereocenters. The number of hydrogen-bond donors (Lipinski definition) is 0. The molecular weight excluding hydrogens is 207 g/mol. The van der Waals surface area contributed by atoms with Gasteiger partial charge in [-0.05, 0) is 42.1 Å². The molecule has 0 N–H and O–H groups in total. The van der Waals surface area contributed by atoms with Crippen molar-refractivity contribution in [1.29, 1.82) is 0 Å². The van der Waals surface area contributed by atoms with Crippen LogP contribution in [0.1, 0.15) is 18.4 Å². The van der Waals surface area contributed by atoms with Crippen LogP contribution in [-0.2, 0) is 11.2 Å². The molecule has 1 nitrogen and oxygen atoms in total. The molecule has 0 amide bonds. The number of halogens is 2. The van der Waals surface area contributed by atoms with Crippen LogP contribution in [0.15, 0.2) is 24.3 Å². The normalized spacial score (nSPS) is 10.0. The lowest BCUT2D eigenvalue weighted by Gasteiger charge is -1.98. The summed E-state index contributed by atoms with van der Waals surface area (Å²) < 4.78 is 0. The van der Waals surface area contributed by atoms with Gasteiger partial charge in [0.25, 0.3) is 0 Å². The smallest absolute Gasteiger partial charge is 0.221 e. The van der Waals surface area contributed by atoms with E-state index in [1.165, 1.54) is 5.56 Å². The third-order valence-corrected chi connectivity index (χ3v) is 2.19. The molecule has 70 valence electrons. The Hall–Kier alpha value is -0.530. The first-order valence-electron chi connectivity index (χ1n) is 4.11. The van der Waals surface area contributed by atoms with E-state index in [0.717, 1.165) is 17.9 Å². The van der Waals surface area contributed by atoms with E-state index in [1.807, 2.05) is 24.3 Å². The highest BCUT2D eigenvalue weighted by molar-refractivity contribution is 6.63. The molecule has 0 aliphatic heterocycles. The van der Waals surface area contributed by atoms with Crippen molar-refractivity contribution in [3.05, 3.63) is 34.9 Å². The molecule has 0 aromatic heterocycles. The van der Waals surface area contributed by atoms with E-state index in [2.05, 4.69) is 0 Å². The van der Waals surface area contributed by atoms with Crippen molar-refractivity contribution in [2.75, 3.05) is 0 Å². The number of carbonyl (C=O) groups is 1. The standard InChI is InChI=1S/C10H10Cl2O/c11-9-6-4-8(5-7-9)2-1-3-10(12)13/h4-7H,1-3H2. The fraction of sp³-hybridized carbons (Fsp3) is 0.300. The van der Waals surface area contributed by atoms with Crippen molar-refractivity contribution >= 4 is 28.4 Å². The predicted octanol–water partition coefficient (Wildman–Crippen LogP) is 3.43. The fourth-order valence-electron chi connectivity index (χ4n) is 1.08. The lowest BCUT2D eigenvalue weighted by atomic mass is 10.1. The van der Waals surface area contributed by atoms with Gasteiger partial charge in [0, 0.05) is 11.4 Å². The first-order chi connectivity index (χ1) is 6.18. The molecule has 13 heavy (non-hydrogen) atoms. The van der Waals surface area contributed by atoms with Gasteiger partial charge in [0.2, 0.25) is 5.24 Å². The summed E-state index contributed by atoms with van der Waals surface area (Å²) in [5, 5.41) is 0.464. The van der Waals surface area contributed by atoms with Crippen LogP contribution < -0.4 is 0 Å². The third kappa shape index (κ3) is 4.30. The van der Waals surface area contributed by atoms with Crippen LogP contribution in [0.4, 0.5) is 0 Å². The molecule has 1 rings (SSSR count). The van der Waals surface area contributed by atoms with Crippen molar-refractivity contribution in [2.45, 2.75) is 19.3 Å². The van der Waals surface area contributed by atoms with Crippen molar-refractivity contribution in [1.82, 2.24) is 0 Å². The molecule has 3 heteroatoms. The van der Waals surface area contributed by atoms with E-state index < -0.39 is 0 Å². The highest BCUT2D eigenvalue weighted by Crippen LogP contribution is 2.11. The molecule has 0 aliphatic rings. The Morgan fingerprint density at radius 1 is 1.23 bits per heavy atom. The molecule has 1 aromatic rings. The number of rotatable bonds is 4. The van der Waals surface area contributed by atoms with Crippen LogP contribution >= 0.6 is 23.2 Å². The van der Waals surface area contributed by atoms with Crippen LogP contribution in [0.2, 0.25) is 5.02 Å². The second-order valence-electron chi connectivity index (χ2n) is 2.84. The highest BCUT2D eigenvalue weighted by Gasteiger charge is 1.97. The molecule has 0 heterocycles. The summed E-state index contributed by atoms with van der Waals surface area (Å²) in [6.07, 6.45) is 2.10. The van der Waals surface area contributed by atoms with E-state index in [1.54, 1.807) is 0 Å². The summed E-state index contributed by atoms with van der Waals surface area (Å²) in [5.41, 5.74) is 1.18. The van der Waals surface area contributed by atoms with Crippen LogP contribution in [0.25, 0.3) is 0 Å². The topological polar surface area (TPSA) is 17.1 Å². The van der Waals surface area contributed by atoms with Gasteiger partial charge in [0.15, 0.2) is 0 Å². The van der Waals surface area contributed by atoms with E-state index in [0.29, 0.717) is 6.42 Å². The van der Waals surface area contributed by atoms with E-state index in [4.69, 9.17) is 23.2 Å².